The number of thiophene rings is 1. The highest BCUT2D eigenvalue weighted by molar-refractivity contribution is 7.91. The lowest BCUT2D eigenvalue weighted by atomic mass is 10.3. The molecular formula is C12H17N3O3S2. The number of amides is 1. The smallest absolute Gasteiger partial charge is 0.252 e. The molecule has 0 aromatic carbocycles. The summed E-state index contributed by atoms with van der Waals surface area (Å²) in [4.78, 5) is 13.7. The monoisotopic (exact) mass is 315 g/mol. The summed E-state index contributed by atoms with van der Waals surface area (Å²) in [7, 11) is -3.46. The van der Waals surface area contributed by atoms with Crippen LogP contribution in [0.2, 0.25) is 0 Å². The SMILES string of the molecule is Nc1csc(S(=O)(=O)N2CCN(C(=O)C3CC3)CC2)c1. The normalized spacial score (nSPS) is 21.1. The summed E-state index contributed by atoms with van der Waals surface area (Å²) in [5, 5.41) is 1.62. The molecule has 0 radical (unpaired) electrons. The van der Waals surface area contributed by atoms with Crippen molar-refractivity contribution in [3.05, 3.63) is 11.4 Å². The number of rotatable bonds is 3. The molecule has 0 bridgehead atoms. The molecule has 2 N–H and O–H groups in total. The van der Waals surface area contributed by atoms with Gasteiger partial charge in [0.05, 0.1) is 0 Å². The second kappa shape index (κ2) is 5.01. The maximum absolute atomic E-state index is 12.4. The Labute approximate surface area is 122 Å². The Hall–Kier alpha value is -1.12. The van der Waals surface area contributed by atoms with Gasteiger partial charge in [-0.2, -0.15) is 4.31 Å². The molecule has 6 nitrogen and oxygen atoms in total. The van der Waals surface area contributed by atoms with Gasteiger partial charge in [-0.3, -0.25) is 4.79 Å². The number of nitrogens with two attached hydrogens (primary N) is 1. The minimum atomic E-state index is -3.46. The first-order chi connectivity index (χ1) is 9.48. The van der Waals surface area contributed by atoms with E-state index in [-0.39, 0.29) is 16.0 Å². The topological polar surface area (TPSA) is 83.7 Å². The predicted octanol–water partition coefficient (Wildman–Crippen LogP) is 0.573. The van der Waals surface area contributed by atoms with E-state index in [2.05, 4.69) is 0 Å². The van der Waals surface area contributed by atoms with Crippen molar-refractivity contribution in [3.63, 3.8) is 0 Å². The quantitative estimate of drug-likeness (QED) is 0.884. The Bertz CT molecular complexity index is 614. The molecule has 20 heavy (non-hydrogen) atoms. The average molecular weight is 315 g/mol. The average Bonchev–Trinajstić information content (AvgIpc) is 3.19. The molecule has 110 valence electrons. The number of nitrogens with zero attached hydrogens (tertiary/aromatic N) is 2. The van der Waals surface area contributed by atoms with E-state index in [9.17, 15) is 13.2 Å². The maximum atomic E-state index is 12.4. The van der Waals surface area contributed by atoms with Crippen LogP contribution in [0.3, 0.4) is 0 Å². The van der Waals surface area contributed by atoms with Crippen LogP contribution in [0.4, 0.5) is 5.69 Å². The number of carbonyl (C=O) groups is 1. The zero-order valence-electron chi connectivity index (χ0n) is 11.0. The molecule has 0 spiro atoms. The van der Waals surface area contributed by atoms with Gasteiger partial charge in [0, 0.05) is 43.2 Å². The Balaban J connectivity index is 1.66. The Morgan fingerprint density at radius 1 is 1.25 bits per heavy atom. The molecule has 1 aliphatic carbocycles. The molecule has 2 aliphatic rings. The van der Waals surface area contributed by atoms with Crippen molar-refractivity contribution in [2.45, 2.75) is 17.1 Å². The van der Waals surface area contributed by atoms with Crippen molar-refractivity contribution in [3.8, 4) is 0 Å². The van der Waals surface area contributed by atoms with Gasteiger partial charge in [0.2, 0.25) is 5.91 Å². The van der Waals surface area contributed by atoms with E-state index < -0.39 is 10.0 Å². The van der Waals surface area contributed by atoms with Crippen molar-refractivity contribution >= 4 is 33.0 Å². The van der Waals surface area contributed by atoms with Crippen LogP contribution in [-0.4, -0.2) is 49.7 Å². The van der Waals surface area contributed by atoms with Gasteiger partial charge >= 0.3 is 0 Å². The van der Waals surface area contributed by atoms with Crippen molar-refractivity contribution in [1.82, 2.24) is 9.21 Å². The lowest BCUT2D eigenvalue weighted by molar-refractivity contribution is -0.133. The number of hydrogen-bond donors (Lipinski definition) is 1. The second-order valence-corrected chi connectivity index (χ2v) is 8.28. The van der Waals surface area contributed by atoms with Crippen LogP contribution in [-0.2, 0) is 14.8 Å². The first kappa shape index (κ1) is 13.8. The molecule has 1 amide bonds. The van der Waals surface area contributed by atoms with E-state index in [0.717, 1.165) is 24.2 Å². The van der Waals surface area contributed by atoms with Crippen LogP contribution < -0.4 is 5.73 Å². The van der Waals surface area contributed by atoms with Crippen LogP contribution in [0.15, 0.2) is 15.7 Å². The lowest BCUT2D eigenvalue weighted by Gasteiger charge is -2.33. The summed E-state index contributed by atoms with van der Waals surface area (Å²) in [5.41, 5.74) is 6.05. The fraction of sp³-hybridized carbons (Fsp3) is 0.583. The number of sulfonamides is 1. The highest BCUT2D eigenvalue weighted by Crippen LogP contribution is 2.32. The summed E-state index contributed by atoms with van der Waals surface area (Å²) >= 11 is 1.14. The van der Waals surface area contributed by atoms with Gasteiger partial charge < -0.3 is 10.6 Å². The van der Waals surface area contributed by atoms with Crippen molar-refractivity contribution in [2.75, 3.05) is 31.9 Å². The third-order valence-corrected chi connectivity index (χ3v) is 7.00. The Morgan fingerprint density at radius 2 is 1.90 bits per heavy atom. The number of carbonyl (C=O) groups excluding carboxylic acids is 1. The summed E-state index contributed by atoms with van der Waals surface area (Å²) in [6.07, 6.45) is 1.96. The molecule has 2 fully saturated rings. The molecule has 8 heteroatoms. The molecular weight excluding hydrogens is 298 g/mol. The Kier molecular flexibility index (Phi) is 3.47. The van der Waals surface area contributed by atoms with Gasteiger partial charge in [-0.1, -0.05) is 0 Å². The number of hydrogen-bond acceptors (Lipinski definition) is 5. The minimum Gasteiger partial charge on any atom is -0.398 e. The van der Waals surface area contributed by atoms with Crippen LogP contribution in [0.25, 0.3) is 0 Å². The molecule has 2 heterocycles. The first-order valence-electron chi connectivity index (χ1n) is 6.61. The van der Waals surface area contributed by atoms with Crippen LogP contribution in [0.5, 0.6) is 0 Å². The molecule has 0 unspecified atom stereocenters. The van der Waals surface area contributed by atoms with Gasteiger partial charge in [-0.25, -0.2) is 8.42 Å². The van der Waals surface area contributed by atoms with Crippen LogP contribution in [0.1, 0.15) is 12.8 Å². The van der Waals surface area contributed by atoms with Crippen LogP contribution >= 0.6 is 11.3 Å². The number of anilines is 1. The van der Waals surface area contributed by atoms with E-state index in [1.54, 1.807) is 10.3 Å². The summed E-state index contributed by atoms with van der Waals surface area (Å²) in [5.74, 6) is 0.373. The molecule has 1 saturated carbocycles. The van der Waals surface area contributed by atoms with Gasteiger partial charge in [0.1, 0.15) is 4.21 Å². The van der Waals surface area contributed by atoms with E-state index in [1.165, 1.54) is 10.4 Å². The minimum absolute atomic E-state index is 0.183. The molecule has 1 aliphatic heterocycles. The zero-order chi connectivity index (χ0) is 14.3. The van der Waals surface area contributed by atoms with E-state index in [1.807, 2.05) is 0 Å². The fourth-order valence-corrected chi connectivity index (χ4v) is 4.98. The molecule has 0 atom stereocenters. The number of piperazine rings is 1. The zero-order valence-corrected chi connectivity index (χ0v) is 12.6. The second-order valence-electron chi connectivity index (χ2n) is 5.20. The Morgan fingerprint density at radius 3 is 2.40 bits per heavy atom. The first-order valence-corrected chi connectivity index (χ1v) is 8.93. The predicted molar refractivity (Wildman–Crippen MR) is 76.8 cm³/mol. The van der Waals surface area contributed by atoms with E-state index in [4.69, 9.17) is 5.73 Å². The third-order valence-electron chi connectivity index (χ3n) is 3.67. The molecule has 1 aromatic heterocycles. The summed E-state index contributed by atoms with van der Waals surface area (Å²) in [6, 6.07) is 1.49. The largest absolute Gasteiger partial charge is 0.398 e. The van der Waals surface area contributed by atoms with Crippen LogP contribution in [0, 0.1) is 5.92 Å². The van der Waals surface area contributed by atoms with Gasteiger partial charge in [0.15, 0.2) is 0 Å². The standard InChI is InChI=1S/C12H17N3O3S2/c13-10-7-11(19-8-10)20(17,18)15-5-3-14(4-6-15)12(16)9-1-2-9/h7-9H,1-6,13H2. The fourth-order valence-electron chi connectivity index (χ4n) is 2.33. The summed E-state index contributed by atoms with van der Waals surface area (Å²) in [6.45, 7) is 1.68. The van der Waals surface area contributed by atoms with Crippen molar-refractivity contribution in [2.24, 2.45) is 5.92 Å². The molecule has 1 aromatic rings. The third kappa shape index (κ3) is 2.55. The van der Waals surface area contributed by atoms with E-state index in [0.29, 0.717) is 31.9 Å². The van der Waals surface area contributed by atoms with Crippen molar-refractivity contribution in [1.29, 1.82) is 0 Å². The highest BCUT2D eigenvalue weighted by atomic mass is 32.2. The van der Waals surface area contributed by atoms with Gasteiger partial charge in [-0.05, 0) is 18.9 Å². The number of nitrogen functional groups attached to an aromatic ring is 1. The van der Waals surface area contributed by atoms with Gasteiger partial charge in [0.25, 0.3) is 10.0 Å². The maximum Gasteiger partial charge on any atom is 0.252 e. The summed E-state index contributed by atoms with van der Waals surface area (Å²) < 4.78 is 26.5. The molecule has 1 saturated heterocycles. The molecule has 3 rings (SSSR count). The van der Waals surface area contributed by atoms with E-state index >= 15 is 0 Å². The van der Waals surface area contributed by atoms with Gasteiger partial charge in [-0.15, -0.1) is 11.3 Å². The lowest BCUT2D eigenvalue weighted by Crippen LogP contribution is -2.50. The highest BCUT2D eigenvalue weighted by Gasteiger charge is 2.36. The van der Waals surface area contributed by atoms with Crippen molar-refractivity contribution < 1.29 is 13.2 Å².